The second-order valence-corrected chi connectivity index (χ2v) is 16.0. The van der Waals surface area contributed by atoms with Crippen molar-refractivity contribution in [1.82, 2.24) is 24.1 Å². The molecule has 0 spiro atoms. The molecule has 6 heteroatoms. The highest BCUT2D eigenvalue weighted by molar-refractivity contribution is 6.21. The first kappa shape index (κ1) is 35.2. The fourth-order valence-electron chi connectivity index (χ4n) is 9.45. The van der Waals surface area contributed by atoms with Crippen LogP contribution in [0.25, 0.3) is 122 Å². The summed E-state index contributed by atoms with van der Waals surface area (Å²) in [5.74, 6) is 1.67. The molecular formula is C57H35N5O. The molecule has 0 bridgehead atoms. The minimum Gasteiger partial charge on any atom is -0.454 e. The first-order valence-corrected chi connectivity index (χ1v) is 21.2. The lowest BCUT2D eigenvalue weighted by Crippen LogP contribution is -2.06. The van der Waals surface area contributed by atoms with Crippen molar-refractivity contribution in [3.8, 4) is 56.7 Å². The van der Waals surface area contributed by atoms with Crippen LogP contribution in [0.4, 0.5) is 0 Å². The SMILES string of the molecule is c1ccc(-c2cccc(-c3ccc(-c4nc(-c5ccc6c(c5)c5ccccc5n6-c5ccccc5)nc(-n5c6ccccc6c6ccc7c8ccccc8oc7c65)n4)cc3)c2)cc1. The van der Waals surface area contributed by atoms with Gasteiger partial charge in [0.25, 0.3) is 0 Å². The summed E-state index contributed by atoms with van der Waals surface area (Å²) in [6, 6.07) is 74.4. The van der Waals surface area contributed by atoms with Crippen molar-refractivity contribution < 1.29 is 4.42 Å². The van der Waals surface area contributed by atoms with Gasteiger partial charge in [-0.25, -0.2) is 4.98 Å². The lowest BCUT2D eigenvalue weighted by molar-refractivity contribution is 0.670. The highest BCUT2D eigenvalue weighted by atomic mass is 16.3. The minimum atomic E-state index is 0.514. The number of para-hydroxylation sites is 4. The molecule has 294 valence electrons. The summed E-state index contributed by atoms with van der Waals surface area (Å²) in [5.41, 5.74) is 13.3. The van der Waals surface area contributed by atoms with E-state index in [9.17, 15) is 0 Å². The molecule has 0 aliphatic heterocycles. The molecule has 0 unspecified atom stereocenters. The van der Waals surface area contributed by atoms with Gasteiger partial charge in [0.2, 0.25) is 5.95 Å². The molecule has 9 aromatic carbocycles. The number of furan rings is 1. The molecule has 63 heavy (non-hydrogen) atoms. The lowest BCUT2D eigenvalue weighted by Gasteiger charge is -2.12. The zero-order valence-corrected chi connectivity index (χ0v) is 33.9. The van der Waals surface area contributed by atoms with E-state index in [0.717, 1.165) is 93.5 Å². The Labute approximate surface area is 361 Å². The first-order chi connectivity index (χ1) is 31.2. The Morgan fingerprint density at radius 1 is 0.317 bits per heavy atom. The largest absolute Gasteiger partial charge is 0.454 e. The smallest absolute Gasteiger partial charge is 0.238 e. The van der Waals surface area contributed by atoms with Crippen LogP contribution >= 0.6 is 0 Å². The van der Waals surface area contributed by atoms with E-state index in [4.69, 9.17) is 19.4 Å². The van der Waals surface area contributed by atoms with Gasteiger partial charge in [-0.15, -0.1) is 0 Å². The molecule has 4 heterocycles. The number of rotatable bonds is 6. The Kier molecular flexibility index (Phi) is 7.80. The maximum atomic E-state index is 6.71. The van der Waals surface area contributed by atoms with Crippen LogP contribution in [0.5, 0.6) is 0 Å². The third-order valence-corrected chi connectivity index (χ3v) is 12.4. The molecule has 0 fully saturated rings. The molecule has 0 N–H and O–H groups in total. The van der Waals surface area contributed by atoms with Crippen LogP contribution in [0.2, 0.25) is 0 Å². The third-order valence-electron chi connectivity index (χ3n) is 12.4. The first-order valence-electron chi connectivity index (χ1n) is 21.2. The van der Waals surface area contributed by atoms with E-state index < -0.39 is 0 Å². The zero-order valence-electron chi connectivity index (χ0n) is 33.9. The molecule has 13 rings (SSSR count). The van der Waals surface area contributed by atoms with Gasteiger partial charge in [-0.3, -0.25) is 4.57 Å². The van der Waals surface area contributed by atoms with Gasteiger partial charge in [0.1, 0.15) is 11.1 Å². The Hall–Kier alpha value is -8.61. The van der Waals surface area contributed by atoms with Crippen molar-refractivity contribution in [3.05, 3.63) is 212 Å². The normalized spacial score (nSPS) is 11.8. The summed E-state index contributed by atoms with van der Waals surface area (Å²) < 4.78 is 11.2. The monoisotopic (exact) mass is 805 g/mol. The van der Waals surface area contributed by atoms with Crippen LogP contribution < -0.4 is 0 Å². The summed E-state index contributed by atoms with van der Waals surface area (Å²) in [6.07, 6.45) is 0. The predicted molar refractivity (Wildman–Crippen MR) is 258 cm³/mol. The van der Waals surface area contributed by atoms with Crippen molar-refractivity contribution in [2.45, 2.75) is 0 Å². The molecule has 0 aliphatic carbocycles. The van der Waals surface area contributed by atoms with E-state index >= 15 is 0 Å². The van der Waals surface area contributed by atoms with Crippen LogP contribution in [-0.2, 0) is 0 Å². The van der Waals surface area contributed by atoms with Crippen molar-refractivity contribution in [1.29, 1.82) is 0 Å². The maximum Gasteiger partial charge on any atom is 0.238 e. The molecule has 6 nitrogen and oxygen atoms in total. The van der Waals surface area contributed by atoms with Gasteiger partial charge in [0.05, 0.1) is 16.6 Å². The molecule has 0 aliphatic rings. The van der Waals surface area contributed by atoms with Crippen molar-refractivity contribution in [3.63, 3.8) is 0 Å². The second-order valence-electron chi connectivity index (χ2n) is 16.0. The standard InChI is InChI=1S/C57H35N5O/c1-3-14-36(15-4-1)39-16-13-17-40(34-39)37-26-28-38(29-27-37)55-58-56(41-30-33-51-48(35-41)44-21-8-10-23-49(44)61(51)42-18-5-2-6-19-42)60-57(59-55)62-50-24-11-7-20-43(50)46-31-32-47-45-22-9-12-25-52(45)63-54(47)53(46)62/h1-35H. The number of aromatic nitrogens is 5. The second kappa shape index (κ2) is 14.0. The van der Waals surface area contributed by atoms with Gasteiger partial charge >= 0.3 is 0 Å². The topological polar surface area (TPSA) is 61.7 Å². The molecule has 0 saturated carbocycles. The van der Waals surface area contributed by atoms with Gasteiger partial charge in [0.15, 0.2) is 17.2 Å². The highest BCUT2D eigenvalue weighted by Gasteiger charge is 2.23. The molecule has 4 aromatic heterocycles. The highest BCUT2D eigenvalue weighted by Crippen LogP contribution is 2.41. The Morgan fingerprint density at radius 3 is 1.62 bits per heavy atom. The average Bonchev–Trinajstić information content (AvgIpc) is 4.02. The molecule has 0 saturated heterocycles. The number of hydrogen-bond acceptors (Lipinski definition) is 4. The number of fused-ring (bicyclic) bond motifs is 10. The number of benzene rings is 9. The molecule has 0 atom stereocenters. The van der Waals surface area contributed by atoms with Gasteiger partial charge in [-0.1, -0.05) is 152 Å². The van der Waals surface area contributed by atoms with E-state index in [0.29, 0.717) is 17.6 Å². The molecule has 0 amide bonds. The minimum absolute atomic E-state index is 0.514. The molecular weight excluding hydrogens is 771 g/mol. The molecule has 0 radical (unpaired) electrons. The van der Waals surface area contributed by atoms with E-state index in [2.05, 4.69) is 203 Å². The molecule has 13 aromatic rings. The van der Waals surface area contributed by atoms with E-state index in [1.165, 1.54) is 11.1 Å². The Morgan fingerprint density at radius 2 is 0.857 bits per heavy atom. The van der Waals surface area contributed by atoms with Gasteiger partial charge in [-0.2, -0.15) is 9.97 Å². The number of nitrogens with zero attached hydrogens (tertiary/aromatic N) is 5. The van der Waals surface area contributed by atoms with Crippen molar-refractivity contribution in [2.75, 3.05) is 0 Å². The Balaban J connectivity index is 1.04. The fraction of sp³-hybridized carbons (Fsp3) is 0. The fourth-order valence-corrected chi connectivity index (χ4v) is 9.45. The van der Waals surface area contributed by atoms with E-state index in [-0.39, 0.29) is 0 Å². The summed E-state index contributed by atoms with van der Waals surface area (Å²) >= 11 is 0. The van der Waals surface area contributed by atoms with Crippen LogP contribution in [0.3, 0.4) is 0 Å². The summed E-state index contributed by atoms with van der Waals surface area (Å²) in [4.78, 5) is 16.0. The van der Waals surface area contributed by atoms with Gasteiger partial charge in [0, 0.05) is 49.1 Å². The van der Waals surface area contributed by atoms with E-state index in [1.54, 1.807) is 0 Å². The summed E-state index contributed by atoms with van der Waals surface area (Å²) in [5, 5.41) is 6.56. The lowest BCUT2D eigenvalue weighted by atomic mass is 9.98. The average molecular weight is 806 g/mol. The zero-order chi connectivity index (χ0) is 41.4. The van der Waals surface area contributed by atoms with E-state index in [1.807, 2.05) is 18.2 Å². The van der Waals surface area contributed by atoms with Crippen LogP contribution in [0.15, 0.2) is 217 Å². The van der Waals surface area contributed by atoms with Gasteiger partial charge in [-0.05, 0) is 82.9 Å². The quantitative estimate of drug-likeness (QED) is 0.168. The Bertz CT molecular complexity index is 3900. The van der Waals surface area contributed by atoms with Crippen molar-refractivity contribution in [2.24, 2.45) is 0 Å². The van der Waals surface area contributed by atoms with Crippen LogP contribution in [-0.4, -0.2) is 24.1 Å². The number of hydrogen-bond donors (Lipinski definition) is 0. The predicted octanol–water partition coefficient (Wildman–Crippen LogP) is 14.6. The van der Waals surface area contributed by atoms with Crippen LogP contribution in [0, 0.1) is 0 Å². The van der Waals surface area contributed by atoms with Crippen molar-refractivity contribution >= 4 is 65.6 Å². The maximum absolute atomic E-state index is 6.71. The van der Waals surface area contributed by atoms with Gasteiger partial charge < -0.3 is 8.98 Å². The van der Waals surface area contributed by atoms with Crippen LogP contribution in [0.1, 0.15) is 0 Å². The summed E-state index contributed by atoms with van der Waals surface area (Å²) in [7, 11) is 0. The summed E-state index contributed by atoms with van der Waals surface area (Å²) in [6.45, 7) is 0. The third kappa shape index (κ3) is 5.62.